The highest BCUT2D eigenvalue weighted by atomic mass is 14.9. The van der Waals surface area contributed by atoms with E-state index in [9.17, 15) is 0 Å². The third-order valence-electron chi connectivity index (χ3n) is 3.84. The molecule has 0 spiro atoms. The molecule has 0 aromatic heterocycles. The Labute approximate surface area is 92.9 Å². The first-order valence-electron chi connectivity index (χ1n) is 6.09. The number of nitrogens with one attached hydrogen (secondary N) is 1. The van der Waals surface area contributed by atoms with Crippen molar-refractivity contribution in [2.24, 2.45) is 5.41 Å². The summed E-state index contributed by atoms with van der Waals surface area (Å²) in [5.41, 5.74) is 2.06. The van der Waals surface area contributed by atoms with Crippen molar-refractivity contribution in [1.82, 2.24) is 5.32 Å². The average Bonchev–Trinajstić information content (AvgIpc) is 2.32. The van der Waals surface area contributed by atoms with E-state index in [1.165, 1.54) is 44.3 Å². The number of rotatable bonds is 3. The molecule has 0 radical (unpaired) electrons. The molecule has 0 amide bonds. The summed E-state index contributed by atoms with van der Waals surface area (Å²) >= 11 is 0. The predicted octanol–water partition coefficient (Wildman–Crippen LogP) is 3.01. The SMILES string of the molecule is CCC1(Cc2ccccc2)CCNCC1. The van der Waals surface area contributed by atoms with Gasteiger partial charge in [0.1, 0.15) is 0 Å². The molecule has 0 unspecified atom stereocenters. The van der Waals surface area contributed by atoms with Crippen LogP contribution < -0.4 is 5.32 Å². The standard InChI is InChI=1S/C14H21N/c1-2-14(8-10-15-11-9-14)12-13-6-4-3-5-7-13/h3-7,15H,2,8-12H2,1H3. The van der Waals surface area contributed by atoms with Crippen molar-refractivity contribution in [3.05, 3.63) is 35.9 Å². The topological polar surface area (TPSA) is 12.0 Å². The second-order valence-corrected chi connectivity index (χ2v) is 4.77. The van der Waals surface area contributed by atoms with Gasteiger partial charge in [0, 0.05) is 0 Å². The van der Waals surface area contributed by atoms with Crippen molar-refractivity contribution in [3.8, 4) is 0 Å². The fraction of sp³-hybridized carbons (Fsp3) is 0.571. The Bertz CT molecular complexity index is 285. The minimum Gasteiger partial charge on any atom is -0.317 e. The Hall–Kier alpha value is -0.820. The van der Waals surface area contributed by atoms with Crippen molar-refractivity contribution in [1.29, 1.82) is 0 Å². The largest absolute Gasteiger partial charge is 0.317 e. The molecule has 1 fully saturated rings. The van der Waals surface area contributed by atoms with Crippen LogP contribution in [0.4, 0.5) is 0 Å². The van der Waals surface area contributed by atoms with E-state index in [0.717, 1.165) is 0 Å². The van der Waals surface area contributed by atoms with E-state index < -0.39 is 0 Å². The van der Waals surface area contributed by atoms with E-state index in [1.807, 2.05) is 0 Å². The number of benzene rings is 1. The monoisotopic (exact) mass is 203 g/mol. The van der Waals surface area contributed by atoms with E-state index in [-0.39, 0.29) is 0 Å². The average molecular weight is 203 g/mol. The predicted molar refractivity (Wildman–Crippen MR) is 65.0 cm³/mol. The molecule has 0 saturated carbocycles. The fourth-order valence-corrected chi connectivity index (χ4v) is 2.64. The molecule has 1 heterocycles. The normalized spacial score (nSPS) is 20.1. The Kier molecular flexibility index (Phi) is 3.42. The first kappa shape index (κ1) is 10.7. The van der Waals surface area contributed by atoms with E-state index in [0.29, 0.717) is 5.41 Å². The molecule has 1 aromatic rings. The van der Waals surface area contributed by atoms with Crippen LogP contribution in [-0.2, 0) is 6.42 Å². The zero-order chi connectivity index (χ0) is 10.6. The van der Waals surface area contributed by atoms with Gasteiger partial charge in [0.15, 0.2) is 0 Å². The quantitative estimate of drug-likeness (QED) is 0.796. The first-order valence-corrected chi connectivity index (χ1v) is 6.09. The molecular formula is C14H21N. The van der Waals surface area contributed by atoms with Gasteiger partial charge in [-0.15, -0.1) is 0 Å². The van der Waals surface area contributed by atoms with Crippen molar-refractivity contribution >= 4 is 0 Å². The molecule has 1 aliphatic heterocycles. The molecule has 1 aromatic carbocycles. The summed E-state index contributed by atoms with van der Waals surface area (Å²) in [5.74, 6) is 0. The van der Waals surface area contributed by atoms with Gasteiger partial charge in [0.2, 0.25) is 0 Å². The summed E-state index contributed by atoms with van der Waals surface area (Å²) in [7, 11) is 0. The summed E-state index contributed by atoms with van der Waals surface area (Å²) in [5, 5.41) is 3.46. The van der Waals surface area contributed by atoms with Gasteiger partial charge in [-0.3, -0.25) is 0 Å². The summed E-state index contributed by atoms with van der Waals surface area (Å²) in [4.78, 5) is 0. The lowest BCUT2D eigenvalue weighted by molar-refractivity contribution is 0.191. The van der Waals surface area contributed by atoms with Gasteiger partial charge in [0.25, 0.3) is 0 Å². The highest BCUT2D eigenvalue weighted by Crippen LogP contribution is 2.35. The third-order valence-corrected chi connectivity index (χ3v) is 3.84. The van der Waals surface area contributed by atoms with Crippen LogP contribution in [0.3, 0.4) is 0 Å². The van der Waals surface area contributed by atoms with Crippen molar-refractivity contribution in [2.75, 3.05) is 13.1 Å². The van der Waals surface area contributed by atoms with E-state index >= 15 is 0 Å². The van der Waals surface area contributed by atoms with Gasteiger partial charge < -0.3 is 5.32 Å². The van der Waals surface area contributed by atoms with Crippen molar-refractivity contribution in [3.63, 3.8) is 0 Å². The Balaban J connectivity index is 2.07. The van der Waals surface area contributed by atoms with E-state index in [4.69, 9.17) is 0 Å². The molecule has 1 nitrogen and oxygen atoms in total. The smallest absolute Gasteiger partial charge is 0.00435 e. The van der Waals surface area contributed by atoms with Crippen molar-refractivity contribution in [2.45, 2.75) is 32.6 Å². The zero-order valence-electron chi connectivity index (χ0n) is 9.63. The van der Waals surface area contributed by atoms with Gasteiger partial charge in [-0.1, -0.05) is 43.7 Å². The van der Waals surface area contributed by atoms with Gasteiger partial charge in [-0.2, -0.15) is 0 Å². The van der Waals surface area contributed by atoms with Crippen LogP contribution in [0.2, 0.25) is 0 Å². The molecule has 1 aliphatic rings. The maximum absolute atomic E-state index is 3.46. The van der Waals surface area contributed by atoms with Crippen LogP contribution in [0.1, 0.15) is 31.7 Å². The van der Waals surface area contributed by atoms with Gasteiger partial charge in [-0.25, -0.2) is 0 Å². The molecule has 0 aliphatic carbocycles. The molecule has 1 heteroatoms. The first-order chi connectivity index (χ1) is 7.35. The van der Waals surface area contributed by atoms with Crippen LogP contribution in [0.25, 0.3) is 0 Å². The molecule has 15 heavy (non-hydrogen) atoms. The van der Waals surface area contributed by atoms with Crippen LogP contribution in [0.15, 0.2) is 30.3 Å². The minimum absolute atomic E-state index is 0.562. The Morgan fingerprint density at radius 3 is 2.40 bits per heavy atom. The third kappa shape index (κ3) is 2.60. The Morgan fingerprint density at radius 1 is 1.13 bits per heavy atom. The van der Waals surface area contributed by atoms with E-state index in [1.54, 1.807) is 0 Å². The molecule has 1 saturated heterocycles. The number of piperidine rings is 1. The molecule has 1 N–H and O–H groups in total. The van der Waals surface area contributed by atoms with Gasteiger partial charge in [0.05, 0.1) is 0 Å². The molecule has 2 rings (SSSR count). The fourth-order valence-electron chi connectivity index (χ4n) is 2.64. The lowest BCUT2D eigenvalue weighted by atomic mass is 9.72. The lowest BCUT2D eigenvalue weighted by Gasteiger charge is -2.37. The second kappa shape index (κ2) is 4.80. The highest BCUT2D eigenvalue weighted by Gasteiger charge is 2.29. The molecule has 0 bridgehead atoms. The van der Waals surface area contributed by atoms with Crippen LogP contribution >= 0.6 is 0 Å². The molecule has 82 valence electrons. The zero-order valence-corrected chi connectivity index (χ0v) is 9.63. The summed E-state index contributed by atoms with van der Waals surface area (Å²) < 4.78 is 0. The maximum Gasteiger partial charge on any atom is -0.00435 e. The van der Waals surface area contributed by atoms with Crippen molar-refractivity contribution < 1.29 is 0 Å². The molecule has 0 atom stereocenters. The number of hydrogen-bond donors (Lipinski definition) is 1. The minimum atomic E-state index is 0.562. The summed E-state index contributed by atoms with van der Waals surface area (Å²) in [6, 6.07) is 10.9. The highest BCUT2D eigenvalue weighted by molar-refractivity contribution is 5.16. The van der Waals surface area contributed by atoms with Gasteiger partial charge >= 0.3 is 0 Å². The summed E-state index contributed by atoms with van der Waals surface area (Å²) in [6.07, 6.45) is 5.23. The van der Waals surface area contributed by atoms with Crippen LogP contribution in [0, 0.1) is 5.41 Å². The lowest BCUT2D eigenvalue weighted by Crippen LogP contribution is -2.37. The maximum atomic E-state index is 3.46. The second-order valence-electron chi connectivity index (χ2n) is 4.77. The van der Waals surface area contributed by atoms with Crippen LogP contribution in [-0.4, -0.2) is 13.1 Å². The summed E-state index contributed by atoms with van der Waals surface area (Å²) in [6.45, 7) is 4.73. The van der Waals surface area contributed by atoms with E-state index in [2.05, 4.69) is 42.6 Å². The van der Waals surface area contributed by atoms with Gasteiger partial charge in [-0.05, 0) is 43.3 Å². The van der Waals surface area contributed by atoms with Crippen LogP contribution in [0.5, 0.6) is 0 Å². The Morgan fingerprint density at radius 2 is 1.80 bits per heavy atom. The number of hydrogen-bond acceptors (Lipinski definition) is 1. The molecular weight excluding hydrogens is 182 g/mol.